The van der Waals surface area contributed by atoms with Gasteiger partial charge >= 0.3 is 6.03 Å². The lowest BCUT2D eigenvalue weighted by molar-refractivity contribution is -0.124. The number of Topliss-reactive ketones (excluding diaryl/α,β-unsaturated/α-hetero) is 2. The van der Waals surface area contributed by atoms with Crippen LogP contribution in [-0.2, 0) is 9.59 Å². The van der Waals surface area contributed by atoms with Gasteiger partial charge in [0.1, 0.15) is 11.7 Å². The van der Waals surface area contributed by atoms with E-state index in [1.807, 2.05) is 39.0 Å². The van der Waals surface area contributed by atoms with Gasteiger partial charge in [-0.1, -0.05) is 29.8 Å². The number of urea groups is 1. The maximum absolute atomic E-state index is 13.0. The SMILES string of the molecule is Cc1cc(C)c(C2C(=O)CC(CCNC(=O)NC(=O)c3ccccc3C#N)C2=O)c(C)c1. The number of carbonyl (C=O) groups excluding carboxylic acids is 4. The van der Waals surface area contributed by atoms with Crippen LogP contribution in [0.5, 0.6) is 0 Å². The van der Waals surface area contributed by atoms with E-state index in [1.165, 1.54) is 12.1 Å². The molecular formula is C25H25N3O4. The van der Waals surface area contributed by atoms with Crippen molar-refractivity contribution in [1.29, 1.82) is 5.26 Å². The second-order valence-electron chi connectivity index (χ2n) is 8.17. The summed E-state index contributed by atoms with van der Waals surface area (Å²) in [4.78, 5) is 49.9. The number of imide groups is 1. The van der Waals surface area contributed by atoms with Crippen LogP contribution < -0.4 is 10.6 Å². The van der Waals surface area contributed by atoms with E-state index < -0.39 is 23.8 Å². The van der Waals surface area contributed by atoms with Gasteiger partial charge in [-0.05, 0) is 56.0 Å². The molecule has 2 N–H and O–H groups in total. The molecule has 0 spiro atoms. The number of nitrogens with zero attached hydrogens (tertiary/aromatic N) is 1. The highest BCUT2D eigenvalue weighted by atomic mass is 16.2. The first kappa shape index (κ1) is 22.9. The molecule has 2 aromatic rings. The molecule has 0 radical (unpaired) electrons. The normalized spacial score (nSPS) is 17.7. The number of amides is 3. The van der Waals surface area contributed by atoms with E-state index in [0.29, 0.717) is 6.42 Å². The Morgan fingerprint density at radius 3 is 2.41 bits per heavy atom. The van der Waals surface area contributed by atoms with E-state index in [9.17, 15) is 19.2 Å². The lowest BCUT2D eigenvalue weighted by Crippen LogP contribution is -2.40. The Bertz CT molecular complexity index is 1120. The smallest absolute Gasteiger partial charge is 0.321 e. The van der Waals surface area contributed by atoms with Crippen molar-refractivity contribution in [2.24, 2.45) is 5.92 Å². The van der Waals surface area contributed by atoms with Crippen molar-refractivity contribution in [2.75, 3.05) is 6.54 Å². The van der Waals surface area contributed by atoms with Gasteiger partial charge in [-0.15, -0.1) is 0 Å². The molecule has 1 aliphatic carbocycles. The fourth-order valence-corrected chi connectivity index (χ4v) is 4.40. The number of nitrogens with one attached hydrogen (secondary N) is 2. The van der Waals surface area contributed by atoms with Gasteiger partial charge in [0.15, 0.2) is 5.78 Å². The van der Waals surface area contributed by atoms with Crippen LogP contribution in [0, 0.1) is 38.0 Å². The standard InChI is InChI=1S/C25H25N3O4/c1-14-10-15(2)21(16(3)11-14)22-20(29)12-17(23(22)30)8-9-27-25(32)28-24(31)19-7-5-4-6-18(19)13-26/h4-7,10-11,17,22H,8-9,12H2,1-3H3,(H2,27,28,31,32). The molecule has 2 atom stereocenters. The number of hydrogen-bond acceptors (Lipinski definition) is 5. The third kappa shape index (κ3) is 4.75. The van der Waals surface area contributed by atoms with E-state index in [4.69, 9.17) is 5.26 Å². The Morgan fingerprint density at radius 2 is 1.75 bits per heavy atom. The van der Waals surface area contributed by atoms with Crippen LogP contribution in [0.4, 0.5) is 4.79 Å². The number of hydrogen-bond donors (Lipinski definition) is 2. The first-order chi connectivity index (χ1) is 15.2. The molecule has 1 fully saturated rings. The molecule has 2 unspecified atom stereocenters. The zero-order chi connectivity index (χ0) is 23.4. The maximum Gasteiger partial charge on any atom is 0.321 e. The van der Waals surface area contributed by atoms with Crippen LogP contribution >= 0.6 is 0 Å². The lowest BCUT2D eigenvalue weighted by Gasteiger charge is -2.16. The second-order valence-corrected chi connectivity index (χ2v) is 8.17. The summed E-state index contributed by atoms with van der Waals surface area (Å²) in [6.07, 6.45) is 0.454. The van der Waals surface area contributed by atoms with Gasteiger partial charge in [0.25, 0.3) is 5.91 Å². The molecule has 32 heavy (non-hydrogen) atoms. The molecular weight excluding hydrogens is 406 g/mol. The van der Waals surface area contributed by atoms with Crippen molar-refractivity contribution < 1.29 is 19.2 Å². The Balaban J connectivity index is 1.57. The van der Waals surface area contributed by atoms with Crippen LogP contribution in [-0.4, -0.2) is 30.0 Å². The molecule has 0 bridgehead atoms. The molecule has 0 saturated heterocycles. The van der Waals surface area contributed by atoms with Gasteiger partial charge in [-0.3, -0.25) is 19.7 Å². The number of rotatable bonds is 5. The van der Waals surface area contributed by atoms with Crippen molar-refractivity contribution >= 4 is 23.5 Å². The van der Waals surface area contributed by atoms with E-state index in [0.717, 1.165) is 22.3 Å². The molecule has 164 valence electrons. The fourth-order valence-electron chi connectivity index (χ4n) is 4.40. The maximum atomic E-state index is 13.0. The monoisotopic (exact) mass is 431 g/mol. The van der Waals surface area contributed by atoms with E-state index in [-0.39, 0.29) is 35.7 Å². The third-order valence-corrected chi connectivity index (χ3v) is 5.78. The molecule has 0 aliphatic heterocycles. The predicted octanol–water partition coefficient (Wildman–Crippen LogP) is 3.25. The van der Waals surface area contributed by atoms with Gasteiger partial charge in [0.2, 0.25) is 0 Å². The molecule has 1 aliphatic rings. The van der Waals surface area contributed by atoms with Crippen molar-refractivity contribution in [2.45, 2.75) is 39.5 Å². The molecule has 3 amide bonds. The highest BCUT2D eigenvalue weighted by Crippen LogP contribution is 2.37. The molecule has 1 saturated carbocycles. The average Bonchev–Trinajstić information content (AvgIpc) is 3.01. The van der Waals surface area contributed by atoms with E-state index in [1.54, 1.807) is 12.1 Å². The molecule has 0 aromatic heterocycles. The summed E-state index contributed by atoms with van der Waals surface area (Å²) in [5, 5.41) is 13.8. The Hall–Kier alpha value is -3.79. The van der Waals surface area contributed by atoms with Gasteiger partial charge in [0.05, 0.1) is 17.2 Å². The van der Waals surface area contributed by atoms with E-state index >= 15 is 0 Å². The highest BCUT2D eigenvalue weighted by molar-refractivity contribution is 6.15. The topological polar surface area (TPSA) is 116 Å². The van der Waals surface area contributed by atoms with Gasteiger partial charge in [-0.2, -0.15) is 5.26 Å². The van der Waals surface area contributed by atoms with Crippen molar-refractivity contribution in [3.05, 3.63) is 69.8 Å². The summed E-state index contributed by atoms with van der Waals surface area (Å²) < 4.78 is 0. The zero-order valence-electron chi connectivity index (χ0n) is 18.3. The van der Waals surface area contributed by atoms with Crippen LogP contribution in [0.3, 0.4) is 0 Å². The van der Waals surface area contributed by atoms with Crippen LogP contribution in [0.15, 0.2) is 36.4 Å². The zero-order valence-corrected chi connectivity index (χ0v) is 18.3. The lowest BCUT2D eigenvalue weighted by atomic mass is 9.86. The minimum absolute atomic E-state index is 0.0946. The summed E-state index contributed by atoms with van der Waals surface area (Å²) in [7, 11) is 0. The van der Waals surface area contributed by atoms with Crippen molar-refractivity contribution in [3.8, 4) is 6.07 Å². The van der Waals surface area contributed by atoms with Crippen LogP contribution in [0.2, 0.25) is 0 Å². The summed E-state index contributed by atoms with van der Waals surface area (Å²) in [6.45, 7) is 5.94. The molecule has 0 heterocycles. The van der Waals surface area contributed by atoms with Crippen molar-refractivity contribution in [1.82, 2.24) is 10.6 Å². The Morgan fingerprint density at radius 1 is 1.09 bits per heavy atom. The summed E-state index contributed by atoms with van der Waals surface area (Å²) in [5.41, 5.74) is 4.02. The Kier molecular flexibility index (Phi) is 6.84. The molecule has 2 aromatic carbocycles. The van der Waals surface area contributed by atoms with E-state index in [2.05, 4.69) is 10.6 Å². The van der Waals surface area contributed by atoms with Gasteiger partial charge in [0, 0.05) is 18.9 Å². The van der Waals surface area contributed by atoms with Crippen LogP contribution in [0.1, 0.15) is 56.9 Å². The minimum Gasteiger partial charge on any atom is -0.338 e. The van der Waals surface area contributed by atoms with Crippen molar-refractivity contribution in [3.63, 3.8) is 0 Å². The molecule has 7 nitrogen and oxygen atoms in total. The van der Waals surface area contributed by atoms with Crippen LogP contribution in [0.25, 0.3) is 0 Å². The number of carbonyl (C=O) groups is 4. The number of aryl methyl sites for hydroxylation is 3. The summed E-state index contributed by atoms with van der Waals surface area (Å²) >= 11 is 0. The van der Waals surface area contributed by atoms with Gasteiger partial charge in [-0.25, -0.2) is 4.79 Å². The Labute approximate surface area is 186 Å². The highest BCUT2D eigenvalue weighted by Gasteiger charge is 2.42. The fraction of sp³-hybridized carbons (Fsp3) is 0.320. The molecule has 7 heteroatoms. The quantitative estimate of drug-likeness (QED) is 0.705. The summed E-state index contributed by atoms with van der Waals surface area (Å²) in [5.74, 6) is -2.12. The number of nitriles is 1. The average molecular weight is 431 g/mol. The minimum atomic E-state index is -0.751. The molecule has 3 rings (SSSR count). The third-order valence-electron chi connectivity index (χ3n) is 5.78. The van der Waals surface area contributed by atoms with Gasteiger partial charge < -0.3 is 5.32 Å². The predicted molar refractivity (Wildman–Crippen MR) is 118 cm³/mol. The largest absolute Gasteiger partial charge is 0.338 e. The first-order valence-corrected chi connectivity index (χ1v) is 10.5. The number of ketones is 2. The first-order valence-electron chi connectivity index (χ1n) is 10.5. The number of benzene rings is 2. The summed E-state index contributed by atoms with van der Waals surface area (Å²) in [6, 6.07) is 11.3. The second kappa shape index (κ2) is 9.56.